The van der Waals surface area contributed by atoms with Crippen LogP contribution in [0.2, 0.25) is 0 Å². The molecule has 1 aromatic heterocycles. The molecule has 0 spiro atoms. The molecule has 102 valence electrons. The molecule has 0 aliphatic rings. The fourth-order valence-electron chi connectivity index (χ4n) is 1.98. The Morgan fingerprint density at radius 3 is 2.42 bits per heavy atom. The number of anilines is 1. The third-order valence-corrected chi connectivity index (χ3v) is 3.07. The smallest absolute Gasteiger partial charge is 0.162 e. The Hall–Kier alpha value is -2.10. The summed E-state index contributed by atoms with van der Waals surface area (Å²) in [5.41, 5.74) is 2.10. The summed E-state index contributed by atoms with van der Waals surface area (Å²) >= 11 is 0. The van der Waals surface area contributed by atoms with E-state index in [9.17, 15) is 0 Å². The largest absolute Gasteiger partial charge is 0.493 e. The van der Waals surface area contributed by atoms with Crippen LogP contribution < -0.4 is 14.8 Å². The van der Waals surface area contributed by atoms with Crippen LogP contribution in [0, 0.1) is 6.92 Å². The van der Waals surface area contributed by atoms with E-state index in [-0.39, 0.29) is 6.04 Å². The van der Waals surface area contributed by atoms with Crippen molar-refractivity contribution in [1.29, 1.82) is 0 Å². The van der Waals surface area contributed by atoms with E-state index in [4.69, 9.17) is 13.9 Å². The van der Waals surface area contributed by atoms with Gasteiger partial charge in [-0.05, 0) is 37.6 Å². The number of aryl methyl sites for hydroxylation is 1. The first-order valence-corrected chi connectivity index (χ1v) is 6.18. The molecule has 2 aromatic rings. The molecule has 1 aromatic carbocycles. The zero-order valence-corrected chi connectivity index (χ0v) is 11.7. The minimum Gasteiger partial charge on any atom is -0.493 e. The number of hydrogen-bond acceptors (Lipinski definition) is 4. The summed E-state index contributed by atoms with van der Waals surface area (Å²) in [6, 6.07) is 7.82. The summed E-state index contributed by atoms with van der Waals surface area (Å²) in [5, 5.41) is 3.41. The normalized spacial score (nSPS) is 12.0. The summed E-state index contributed by atoms with van der Waals surface area (Å²) in [7, 11) is 3.27. The van der Waals surface area contributed by atoms with Gasteiger partial charge in [-0.2, -0.15) is 0 Å². The summed E-state index contributed by atoms with van der Waals surface area (Å²) in [5.74, 6) is 2.34. The molecular formula is C15H19NO3. The monoisotopic (exact) mass is 261 g/mol. The highest BCUT2D eigenvalue weighted by atomic mass is 16.5. The Morgan fingerprint density at radius 2 is 1.84 bits per heavy atom. The van der Waals surface area contributed by atoms with E-state index in [0.717, 1.165) is 22.8 Å². The molecule has 0 aliphatic heterocycles. The highest BCUT2D eigenvalue weighted by Crippen LogP contribution is 2.34. The van der Waals surface area contributed by atoms with Crippen molar-refractivity contribution in [3.8, 4) is 11.5 Å². The summed E-state index contributed by atoms with van der Waals surface area (Å²) < 4.78 is 16.0. The molecular weight excluding hydrogens is 242 g/mol. The van der Waals surface area contributed by atoms with Gasteiger partial charge in [-0.3, -0.25) is 0 Å². The van der Waals surface area contributed by atoms with Crippen molar-refractivity contribution in [2.45, 2.75) is 19.9 Å². The van der Waals surface area contributed by atoms with Gasteiger partial charge in [0.05, 0.1) is 26.5 Å². The average molecular weight is 261 g/mol. The van der Waals surface area contributed by atoms with E-state index >= 15 is 0 Å². The average Bonchev–Trinajstić information content (AvgIpc) is 2.94. The first-order valence-electron chi connectivity index (χ1n) is 6.18. The van der Waals surface area contributed by atoms with E-state index in [1.807, 2.05) is 31.2 Å². The maximum atomic E-state index is 5.39. The van der Waals surface area contributed by atoms with Gasteiger partial charge in [-0.1, -0.05) is 0 Å². The van der Waals surface area contributed by atoms with Crippen LogP contribution in [0.15, 0.2) is 34.9 Å². The lowest BCUT2D eigenvalue weighted by atomic mass is 10.1. The first-order chi connectivity index (χ1) is 9.15. The van der Waals surface area contributed by atoms with Gasteiger partial charge in [0.25, 0.3) is 0 Å². The summed E-state index contributed by atoms with van der Waals surface area (Å²) in [6.45, 7) is 4.08. The van der Waals surface area contributed by atoms with Crippen molar-refractivity contribution in [3.05, 3.63) is 41.9 Å². The number of nitrogens with one attached hydrogen (secondary N) is 1. The van der Waals surface area contributed by atoms with Crippen LogP contribution in [-0.2, 0) is 0 Å². The molecule has 1 heterocycles. The molecule has 4 heteroatoms. The van der Waals surface area contributed by atoms with Gasteiger partial charge >= 0.3 is 0 Å². The lowest BCUT2D eigenvalue weighted by Crippen LogP contribution is -2.07. The third-order valence-electron chi connectivity index (χ3n) is 3.07. The predicted octanol–water partition coefficient (Wildman–Crippen LogP) is 3.78. The lowest BCUT2D eigenvalue weighted by Gasteiger charge is -2.17. The second-order valence-electron chi connectivity index (χ2n) is 4.40. The van der Waals surface area contributed by atoms with E-state index in [1.54, 1.807) is 20.5 Å². The standard InChI is InChI=1S/C15H19NO3/c1-10-8-14(17-3)15(18-4)9-12(10)16-11(2)13-6-5-7-19-13/h5-9,11,16H,1-4H3. The first kappa shape index (κ1) is 13.3. The summed E-state index contributed by atoms with van der Waals surface area (Å²) in [6.07, 6.45) is 1.68. The van der Waals surface area contributed by atoms with Crippen LogP contribution in [0.3, 0.4) is 0 Å². The Morgan fingerprint density at radius 1 is 1.16 bits per heavy atom. The van der Waals surface area contributed by atoms with Gasteiger partial charge in [0.15, 0.2) is 11.5 Å². The lowest BCUT2D eigenvalue weighted by molar-refractivity contribution is 0.355. The second-order valence-corrected chi connectivity index (χ2v) is 4.40. The Balaban J connectivity index is 2.25. The molecule has 2 rings (SSSR count). The van der Waals surface area contributed by atoms with Crippen molar-refractivity contribution in [1.82, 2.24) is 0 Å². The number of ether oxygens (including phenoxy) is 2. The molecule has 0 radical (unpaired) electrons. The SMILES string of the molecule is COc1cc(C)c(NC(C)c2ccco2)cc1OC. The van der Waals surface area contributed by atoms with E-state index in [0.29, 0.717) is 5.75 Å². The van der Waals surface area contributed by atoms with E-state index in [1.165, 1.54) is 0 Å². The van der Waals surface area contributed by atoms with Crippen LogP contribution in [0.25, 0.3) is 0 Å². The number of benzene rings is 1. The highest BCUT2D eigenvalue weighted by molar-refractivity contribution is 5.60. The molecule has 0 fully saturated rings. The minimum absolute atomic E-state index is 0.0896. The minimum atomic E-state index is 0.0896. The van der Waals surface area contributed by atoms with Crippen molar-refractivity contribution >= 4 is 5.69 Å². The molecule has 19 heavy (non-hydrogen) atoms. The second kappa shape index (κ2) is 5.69. The van der Waals surface area contributed by atoms with Gasteiger partial charge in [0.2, 0.25) is 0 Å². The number of furan rings is 1. The zero-order valence-electron chi connectivity index (χ0n) is 11.7. The van der Waals surface area contributed by atoms with Crippen LogP contribution >= 0.6 is 0 Å². The van der Waals surface area contributed by atoms with Gasteiger partial charge < -0.3 is 19.2 Å². The molecule has 4 nitrogen and oxygen atoms in total. The molecule has 1 unspecified atom stereocenters. The Bertz CT molecular complexity index is 535. The zero-order chi connectivity index (χ0) is 13.8. The van der Waals surface area contributed by atoms with Crippen LogP contribution in [0.4, 0.5) is 5.69 Å². The van der Waals surface area contributed by atoms with Gasteiger partial charge in [-0.25, -0.2) is 0 Å². The van der Waals surface area contributed by atoms with Crippen molar-refractivity contribution in [2.75, 3.05) is 19.5 Å². The fourth-order valence-corrected chi connectivity index (χ4v) is 1.98. The van der Waals surface area contributed by atoms with Gasteiger partial charge in [0.1, 0.15) is 5.76 Å². The number of rotatable bonds is 5. The Labute approximate surface area is 113 Å². The van der Waals surface area contributed by atoms with E-state index in [2.05, 4.69) is 12.2 Å². The molecule has 1 atom stereocenters. The Kier molecular flexibility index (Phi) is 4.00. The maximum absolute atomic E-state index is 5.39. The topological polar surface area (TPSA) is 43.6 Å². The predicted molar refractivity (Wildman–Crippen MR) is 75.0 cm³/mol. The molecule has 0 saturated heterocycles. The number of hydrogen-bond donors (Lipinski definition) is 1. The van der Waals surface area contributed by atoms with Crippen molar-refractivity contribution in [2.24, 2.45) is 0 Å². The molecule has 0 saturated carbocycles. The van der Waals surface area contributed by atoms with Crippen molar-refractivity contribution < 1.29 is 13.9 Å². The molecule has 0 bridgehead atoms. The van der Waals surface area contributed by atoms with Crippen LogP contribution in [-0.4, -0.2) is 14.2 Å². The molecule has 1 N–H and O–H groups in total. The fraction of sp³-hybridized carbons (Fsp3) is 0.333. The quantitative estimate of drug-likeness (QED) is 0.889. The number of methoxy groups -OCH3 is 2. The van der Waals surface area contributed by atoms with Gasteiger partial charge in [-0.15, -0.1) is 0 Å². The third kappa shape index (κ3) is 2.84. The van der Waals surface area contributed by atoms with E-state index < -0.39 is 0 Å². The van der Waals surface area contributed by atoms with Crippen LogP contribution in [0.5, 0.6) is 11.5 Å². The molecule has 0 aliphatic carbocycles. The van der Waals surface area contributed by atoms with Gasteiger partial charge in [0, 0.05) is 11.8 Å². The van der Waals surface area contributed by atoms with Crippen LogP contribution in [0.1, 0.15) is 24.3 Å². The summed E-state index contributed by atoms with van der Waals surface area (Å²) in [4.78, 5) is 0. The molecule has 0 amide bonds. The maximum Gasteiger partial charge on any atom is 0.162 e. The van der Waals surface area contributed by atoms with Crippen molar-refractivity contribution in [3.63, 3.8) is 0 Å². The highest BCUT2D eigenvalue weighted by Gasteiger charge is 2.12.